The van der Waals surface area contributed by atoms with Crippen molar-refractivity contribution in [3.8, 4) is 0 Å². The van der Waals surface area contributed by atoms with E-state index < -0.39 is 6.04 Å². The highest BCUT2D eigenvalue weighted by Crippen LogP contribution is 2.14. The van der Waals surface area contributed by atoms with Crippen molar-refractivity contribution in [1.29, 1.82) is 0 Å². The van der Waals surface area contributed by atoms with Crippen molar-refractivity contribution in [2.75, 3.05) is 5.32 Å². The average molecular weight is 348 g/mol. The summed E-state index contributed by atoms with van der Waals surface area (Å²) in [7, 11) is 0. The van der Waals surface area contributed by atoms with Gasteiger partial charge in [0.05, 0.1) is 29.6 Å². The second kappa shape index (κ2) is 6.84. The first-order valence-electron chi connectivity index (χ1n) is 7.28. The maximum atomic E-state index is 13.2. The molecular formula is C16H15ClFN5O. The molecule has 1 atom stereocenters. The lowest BCUT2D eigenvalue weighted by molar-refractivity contribution is -0.119. The normalized spacial score (nSPS) is 12.1. The number of halogens is 2. The van der Waals surface area contributed by atoms with E-state index in [4.69, 9.17) is 11.6 Å². The third-order valence-corrected chi connectivity index (χ3v) is 3.68. The predicted octanol–water partition coefficient (Wildman–Crippen LogP) is 3.12. The molecule has 8 heteroatoms. The number of benzene rings is 1. The van der Waals surface area contributed by atoms with E-state index in [1.807, 2.05) is 6.07 Å². The highest BCUT2D eigenvalue weighted by Gasteiger charge is 2.16. The number of anilines is 1. The summed E-state index contributed by atoms with van der Waals surface area (Å²) < 4.78 is 16.3. The van der Waals surface area contributed by atoms with Crippen LogP contribution in [0.25, 0.3) is 0 Å². The van der Waals surface area contributed by atoms with Crippen LogP contribution in [-0.4, -0.2) is 25.5 Å². The summed E-state index contributed by atoms with van der Waals surface area (Å²) in [6.45, 7) is 2.13. The Morgan fingerprint density at radius 3 is 2.88 bits per heavy atom. The molecule has 0 saturated heterocycles. The van der Waals surface area contributed by atoms with Gasteiger partial charge in [-0.05, 0) is 24.6 Å². The number of carbonyl (C=O) groups is 1. The smallest absolute Gasteiger partial charge is 0.249 e. The molecule has 0 spiro atoms. The van der Waals surface area contributed by atoms with Crippen molar-refractivity contribution in [1.82, 2.24) is 19.6 Å². The van der Waals surface area contributed by atoms with Gasteiger partial charge in [-0.2, -0.15) is 10.2 Å². The Balaban J connectivity index is 1.64. The van der Waals surface area contributed by atoms with Crippen molar-refractivity contribution >= 4 is 23.2 Å². The molecule has 0 fully saturated rings. The van der Waals surface area contributed by atoms with Crippen molar-refractivity contribution in [2.45, 2.75) is 19.5 Å². The van der Waals surface area contributed by atoms with Gasteiger partial charge in [0.1, 0.15) is 11.9 Å². The molecule has 0 saturated carbocycles. The Labute approximate surface area is 142 Å². The van der Waals surface area contributed by atoms with E-state index in [1.165, 1.54) is 23.0 Å². The van der Waals surface area contributed by atoms with Gasteiger partial charge in [-0.3, -0.25) is 14.2 Å². The summed E-state index contributed by atoms with van der Waals surface area (Å²) in [6, 6.07) is 5.79. The Morgan fingerprint density at radius 2 is 2.17 bits per heavy atom. The van der Waals surface area contributed by atoms with E-state index in [0.717, 1.165) is 5.56 Å². The summed E-state index contributed by atoms with van der Waals surface area (Å²) >= 11 is 5.81. The molecule has 3 aromatic rings. The van der Waals surface area contributed by atoms with Gasteiger partial charge < -0.3 is 5.32 Å². The Morgan fingerprint density at radius 1 is 1.33 bits per heavy atom. The summed E-state index contributed by atoms with van der Waals surface area (Å²) in [5.74, 6) is -0.528. The number of rotatable bonds is 5. The standard InChI is InChI=1S/C16H15ClFN5O/c1-11(23-9-13(17)6-20-23)16(24)21-15-7-19-22(10-15)8-12-3-2-4-14(18)5-12/h2-7,9-11H,8H2,1H3,(H,21,24). The molecule has 3 rings (SSSR count). The van der Waals surface area contributed by atoms with Crippen LogP contribution in [0, 0.1) is 5.82 Å². The molecule has 0 aliphatic carbocycles. The van der Waals surface area contributed by atoms with Gasteiger partial charge >= 0.3 is 0 Å². The molecule has 1 amide bonds. The third kappa shape index (κ3) is 3.80. The minimum atomic E-state index is -0.510. The maximum absolute atomic E-state index is 13.2. The lowest BCUT2D eigenvalue weighted by atomic mass is 10.2. The molecule has 1 aromatic carbocycles. The molecule has 1 unspecified atom stereocenters. The maximum Gasteiger partial charge on any atom is 0.249 e. The number of carbonyl (C=O) groups excluding carboxylic acids is 1. The van der Waals surface area contributed by atoms with Crippen LogP contribution in [0.5, 0.6) is 0 Å². The molecular weight excluding hydrogens is 333 g/mol. The fourth-order valence-electron chi connectivity index (χ4n) is 2.23. The van der Waals surface area contributed by atoms with Gasteiger partial charge in [-0.1, -0.05) is 23.7 Å². The van der Waals surface area contributed by atoms with Crippen LogP contribution in [0.1, 0.15) is 18.5 Å². The Bertz CT molecular complexity index is 860. The summed E-state index contributed by atoms with van der Waals surface area (Å²) in [4.78, 5) is 12.2. The van der Waals surface area contributed by atoms with E-state index in [9.17, 15) is 9.18 Å². The van der Waals surface area contributed by atoms with Crippen LogP contribution in [0.2, 0.25) is 5.02 Å². The molecule has 124 valence electrons. The monoisotopic (exact) mass is 347 g/mol. The Kier molecular flexibility index (Phi) is 4.61. The van der Waals surface area contributed by atoms with Crippen molar-refractivity contribution in [2.24, 2.45) is 0 Å². The molecule has 0 aliphatic heterocycles. The number of nitrogens with zero attached hydrogens (tertiary/aromatic N) is 4. The zero-order chi connectivity index (χ0) is 17.1. The quantitative estimate of drug-likeness (QED) is 0.771. The van der Waals surface area contributed by atoms with Crippen LogP contribution >= 0.6 is 11.6 Å². The van der Waals surface area contributed by atoms with Crippen LogP contribution in [0.3, 0.4) is 0 Å². The number of nitrogens with one attached hydrogen (secondary N) is 1. The first-order valence-corrected chi connectivity index (χ1v) is 7.66. The lowest BCUT2D eigenvalue weighted by Gasteiger charge is -2.11. The molecule has 0 bridgehead atoms. The minimum Gasteiger partial charge on any atom is -0.322 e. The van der Waals surface area contributed by atoms with Gasteiger partial charge in [-0.15, -0.1) is 0 Å². The van der Waals surface area contributed by atoms with E-state index >= 15 is 0 Å². The van der Waals surface area contributed by atoms with Crippen molar-refractivity contribution in [3.05, 3.63) is 65.5 Å². The van der Waals surface area contributed by atoms with E-state index in [2.05, 4.69) is 15.5 Å². The lowest BCUT2D eigenvalue weighted by Crippen LogP contribution is -2.23. The number of amides is 1. The predicted molar refractivity (Wildman–Crippen MR) is 88.3 cm³/mol. The minimum absolute atomic E-state index is 0.236. The van der Waals surface area contributed by atoms with E-state index in [0.29, 0.717) is 17.3 Å². The van der Waals surface area contributed by atoms with Crippen LogP contribution < -0.4 is 5.32 Å². The van der Waals surface area contributed by atoms with Gasteiger partial charge in [0.15, 0.2) is 0 Å². The largest absolute Gasteiger partial charge is 0.322 e. The zero-order valence-corrected chi connectivity index (χ0v) is 13.6. The van der Waals surface area contributed by atoms with Crippen molar-refractivity contribution in [3.63, 3.8) is 0 Å². The fourth-order valence-corrected chi connectivity index (χ4v) is 2.37. The second-order valence-corrected chi connectivity index (χ2v) is 5.80. The second-order valence-electron chi connectivity index (χ2n) is 5.36. The molecule has 0 aliphatic rings. The molecule has 2 heterocycles. The van der Waals surface area contributed by atoms with Gasteiger partial charge in [0, 0.05) is 12.4 Å². The summed E-state index contributed by atoms with van der Waals surface area (Å²) in [6.07, 6.45) is 6.28. The van der Waals surface area contributed by atoms with E-state index in [1.54, 1.807) is 36.3 Å². The highest BCUT2D eigenvalue weighted by atomic mass is 35.5. The number of hydrogen-bond donors (Lipinski definition) is 1. The first-order chi connectivity index (χ1) is 11.5. The van der Waals surface area contributed by atoms with Crippen LogP contribution in [0.15, 0.2) is 49.1 Å². The Hall–Kier alpha value is -2.67. The molecule has 24 heavy (non-hydrogen) atoms. The van der Waals surface area contributed by atoms with Gasteiger partial charge in [0.25, 0.3) is 0 Å². The van der Waals surface area contributed by atoms with Gasteiger partial charge in [-0.25, -0.2) is 4.39 Å². The zero-order valence-electron chi connectivity index (χ0n) is 12.9. The molecule has 6 nitrogen and oxygen atoms in total. The van der Waals surface area contributed by atoms with E-state index in [-0.39, 0.29) is 11.7 Å². The topological polar surface area (TPSA) is 64.7 Å². The van der Waals surface area contributed by atoms with Crippen molar-refractivity contribution < 1.29 is 9.18 Å². The van der Waals surface area contributed by atoms with Crippen LogP contribution in [-0.2, 0) is 11.3 Å². The molecule has 0 radical (unpaired) electrons. The number of aromatic nitrogens is 4. The molecule has 1 N–H and O–H groups in total. The average Bonchev–Trinajstić information content (AvgIpc) is 3.16. The summed E-state index contributed by atoms with van der Waals surface area (Å²) in [5.41, 5.74) is 1.34. The fraction of sp³-hybridized carbons (Fsp3) is 0.188. The summed E-state index contributed by atoms with van der Waals surface area (Å²) in [5, 5.41) is 11.4. The highest BCUT2D eigenvalue weighted by molar-refractivity contribution is 6.30. The first kappa shape index (κ1) is 16.2. The molecule has 2 aromatic heterocycles. The number of hydrogen-bond acceptors (Lipinski definition) is 3. The van der Waals surface area contributed by atoms with Gasteiger partial charge in [0.2, 0.25) is 5.91 Å². The van der Waals surface area contributed by atoms with Crippen LogP contribution in [0.4, 0.5) is 10.1 Å². The SMILES string of the molecule is CC(C(=O)Nc1cnn(Cc2cccc(F)c2)c1)n1cc(Cl)cn1. The third-order valence-electron chi connectivity index (χ3n) is 3.48.